The number of pyridine rings is 1. The van der Waals surface area contributed by atoms with Crippen molar-refractivity contribution < 1.29 is 14.3 Å². The number of carbonyl (C=O) groups excluding carboxylic acids is 1. The number of nitrogens with two attached hydrogens (primary N) is 1. The molecule has 0 aliphatic rings. The van der Waals surface area contributed by atoms with E-state index in [0.29, 0.717) is 16.6 Å². The number of hydrogen-bond donors (Lipinski definition) is 2. The highest BCUT2D eigenvalue weighted by Gasteiger charge is 2.22. The van der Waals surface area contributed by atoms with Gasteiger partial charge < -0.3 is 15.4 Å². The molecule has 1 amide bonds. The number of aryl methyl sites for hydroxylation is 1. The van der Waals surface area contributed by atoms with Gasteiger partial charge in [-0.25, -0.2) is 4.39 Å². The van der Waals surface area contributed by atoms with Crippen LogP contribution >= 0.6 is 11.6 Å². The highest BCUT2D eigenvalue weighted by molar-refractivity contribution is 6.39. The lowest BCUT2D eigenvalue weighted by atomic mass is 10.0. The molecule has 1 aromatic heterocycles. The van der Waals surface area contributed by atoms with Gasteiger partial charge in [0.05, 0.1) is 15.9 Å². The number of aromatic hydroxyl groups is 1. The summed E-state index contributed by atoms with van der Waals surface area (Å²) in [6, 6.07) is 8.95. The third-order valence-corrected chi connectivity index (χ3v) is 4.25. The summed E-state index contributed by atoms with van der Waals surface area (Å²) in [5, 5.41) is 10.6. The molecular formula is C17H12ClFN2O3. The fourth-order valence-corrected chi connectivity index (χ4v) is 3.03. The van der Waals surface area contributed by atoms with Gasteiger partial charge in [0.25, 0.3) is 11.5 Å². The largest absolute Gasteiger partial charge is 0.506 e. The number of fused-ring (bicyclic) bond motifs is 1. The lowest BCUT2D eigenvalue weighted by Crippen LogP contribution is -2.28. The Balaban J connectivity index is 2.45. The van der Waals surface area contributed by atoms with Gasteiger partial charge in [0, 0.05) is 12.6 Å². The molecular weight excluding hydrogens is 335 g/mol. The van der Waals surface area contributed by atoms with Crippen LogP contribution in [0.15, 0.2) is 41.2 Å². The second-order valence-electron chi connectivity index (χ2n) is 5.28. The third-order valence-electron chi connectivity index (χ3n) is 3.86. The fourth-order valence-electron chi connectivity index (χ4n) is 2.68. The van der Waals surface area contributed by atoms with Gasteiger partial charge in [0.2, 0.25) is 0 Å². The number of rotatable bonds is 2. The molecule has 1 heterocycles. The quantitative estimate of drug-likeness (QED) is 0.748. The van der Waals surface area contributed by atoms with E-state index in [2.05, 4.69) is 0 Å². The Hall–Kier alpha value is -2.86. The number of benzene rings is 2. The number of nitrogens with zero attached hydrogens (tertiary/aromatic N) is 1. The maximum atomic E-state index is 13.5. The van der Waals surface area contributed by atoms with Crippen LogP contribution in [0, 0.1) is 5.82 Å². The van der Waals surface area contributed by atoms with E-state index < -0.39 is 28.6 Å². The molecule has 0 aliphatic carbocycles. The van der Waals surface area contributed by atoms with Crippen LogP contribution in [0.2, 0.25) is 5.02 Å². The van der Waals surface area contributed by atoms with E-state index in [1.807, 2.05) is 0 Å². The Bertz CT molecular complexity index is 1060. The topological polar surface area (TPSA) is 85.3 Å². The lowest BCUT2D eigenvalue weighted by Gasteiger charge is -2.14. The summed E-state index contributed by atoms with van der Waals surface area (Å²) in [6.45, 7) is 0. The smallest absolute Gasteiger partial charge is 0.267 e. The number of carbonyl (C=O) groups is 1. The Morgan fingerprint density at radius 1 is 1.29 bits per heavy atom. The fraction of sp³-hybridized carbons (Fsp3) is 0.0588. The number of aromatic nitrogens is 1. The SMILES string of the molecule is Cn1c(=O)c(C(N)=O)c(O)c2c(Cl)c(-c3cccc(F)c3)ccc21. The molecule has 0 radical (unpaired) electrons. The minimum Gasteiger partial charge on any atom is -0.506 e. The van der Waals surface area contributed by atoms with Crippen molar-refractivity contribution in [3.8, 4) is 16.9 Å². The van der Waals surface area contributed by atoms with Crippen LogP contribution in [0.3, 0.4) is 0 Å². The summed E-state index contributed by atoms with van der Waals surface area (Å²) < 4.78 is 14.6. The van der Waals surface area contributed by atoms with Gasteiger partial charge in [-0.3, -0.25) is 9.59 Å². The van der Waals surface area contributed by atoms with Gasteiger partial charge in [0.15, 0.2) is 0 Å². The molecule has 5 nitrogen and oxygen atoms in total. The molecule has 0 saturated heterocycles. The first-order valence-corrected chi connectivity index (χ1v) is 7.30. The molecule has 24 heavy (non-hydrogen) atoms. The minimum atomic E-state index is -1.05. The first-order valence-electron chi connectivity index (χ1n) is 6.92. The maximum Gasteiger partial charge on any atom is 0.267 e. The highest BCUT2D eigenvalue weighted by atomic mass is 35.5. The molecule has 0 unspecified atom stereocenters. The Kier molecular flexibility index (Phi) is 3.77. The average Bonchev–Trinajstić information content (AvgIpc) is 2.52. The summed E-state index contributed by atoms with van der Waals surface area (Å²) in [6.07, 6.45) is 0. The third kappa shape index (κ3) is 2.32. The predicted octanol–water partition coefficient (Wildman–Crippen LogP) is 2.80. The van der Waals surface area contributed by atoms with E-state index in [9.17, 15) is 19.1 Å². The lowest BCUT2D eigenvalue weighted by molar-refractivity contribution is 0.0996. The average molecular weight is 347 g/mol. The van der Waals surface area contributed by atoms with Crippen LogP contribution < -0.4 is 11.3 Å². The van der Waals surface area contributed by atoms with E-state index in [1.54, 1.807) is 18.2 Å². The van der Waals surface area contributed by atoms with Crippen molar-refractivity contribution in [3.05, 3.63) is 63.2 Å². The van der Waals surface area contributed by atoms with Crippen molar-refractivity contribution in [1.82, 2.24) is 4.57 Å². The summed E-state index contributed by atoms with van der Waals surface area (Å²) in [4.78, 5) is 23.7. The van der Waals surface area contributed by atoms with Crippen molar-refractivity contribution >= 4 is 28.4 Å². The van der Waals surface area contributed by atoms with E-state index in [-0.39, 0.29) is 10.4 Å². The first-order chi connectivity index (χ1) is 11.3. The Labute approximate surface area is 140 Å². The molecule has 0 atom stereocenters. The van der Waals surface area contributed by atoms with Crippen molar-refractivity contribution in [1.29, 1.82) is 0 Å². The molecule has 7 heteroatoms. The minimum absolute atomic E-state index is 0.0914. The van der Waals surface area contributed by atoms with E-state index >= 15 is 0 Å². The predicted molar refractivity (Wildman–Crippen MR) is 89.8 cm³/mol. The van der Waals surface area contributed by atoms with Crippen molar-refractivity contribution in [2.75, 3.05) is 0 Å². The van der Waals surface area contributed by atoms with Crippen LogP contribution in [0.1, 0.15) is 10.4 Å². The van der Waals surface area contributed by atoms with E-state index in [1.165, 1.54) is 29.8 Å². The Morgan fingerprint density at radius 3 is 2.62 bits per heavy atom. The zero-order valence-electron chi connectivity index (χ0n) is 12.5. The number of halogens is 2. The van der Waals surface area contributed by atoms with Gasteiger partial charge >= 0.3 is 0 Å². The zero-order chi connectivity index (χ0) is 17.6. The van der Waals surface area contributed by atoms with E-state index in [4.69, 9.17) is 17.3 Å². The molecule has 3 aromatic rings. The zero-order valence-corrected chi connectivity index (χ0v) is 13.3. The highest BCUT2D eigenvalue weighted by Crippen LogP contribution is 2.39. The second-order valence-corrected chi connectivity index (χ2v) is 5.66. The monoisotopic (exact) mass is 346 g/mol. The molecule has 0 aliphatic heterocycles. The van der Waals surface area contributed by atoms with Crippen LogP contribution in [-0.4, -0.2) is 15.6 Å². The van der Waals surface area contributed by atoms with Crippen LogP contribution in [0.5, 0.6) is 5.75 Å². The summed E-state index contributed by atoms with van der Waals surface area (Å²) in [5.74, 6) is -2.07. The number of hydrogen-bond acceptors (Lipinski definition) is 3. The van der Waals surface area contributed by atoms with Crippen molar-refractivity contribution in [3.63, 3.8) is 0 Å². The summed E-state index contributed by atoms with van der Waals surface area (Å²) in [7, 11) is 1.44. The van der Waals surface area contributed by atoms with Gasteiger partial charge in [0.1, 0.15) is 17.1 Å². The summed E-state index contributed by atoms with van der Waals surface area (Å²) >= 11 is 6.38. The van der Waals surface area contributed by atoms with Crippen molar-refractivity contribution in [2.24, 2.45) is 12.8 Å². The molecule has 3 rings (SSSR count). The molecule has 3 N–H and O–H groups in total. The molecule has 0 fully saturated rings. The standard InChI is InChI=1S/C17H12ClFN2O3/c1-21-11-6-5-10(8-3-2-4-9(19)7-8)14(18)12(11)15(22)13(16(20)23)17(21)24/h2-7,22H,1H3,(H2,20,23). The van der Waals surface area contributed by atoms with E-state index in [0.717, 1.165) is 0 Å². The Morgan fingerprint density at radius 2 is 2.00 bits per heavy atom. The molecule has 0 bridgehead atoms. The second kappa shape index (κ2) is 5.65. The summed E-state index contributed by atoms with van der Waals surface area (Å²) in [5.41, 5.74) is 5.21. The normalized spacial score (nSPS) is 11.0. The van der Waals surface area contributed by atoms with Gasteiger partial charge in [-0.2, -0.15) is 0 Å². The van der Waals surface area contributed by atoms with Crippen LogP contribution in [-0.2, 0) is 7.05 Å². The van der Waals surface area contributed by atoms with Gasteiger partial charge in [-0.05, 0) is 23.8 Å². The van der Waals surface area contributed by atoms with Crippen molar-refractivity contribution in [2.45, 2.75) is 0 Å². The molecule has 122 valence electrons. The first kappa shape index (κ1) is 16.0. The number of amides is 1. The number of primary amides is 1. The van der Waals surface area contributed by atoms with Gasteiger partial charge in [-0.1, -0.05) is 29.8 Å². The van der Waals surface area contributed by atoms with Crippen LogP contribution in [0.25, 0.3) is 22.0 Å². The van der Waals surface area contributed by atoms with Crippen LogP contribution in [0.4, 0.5) is 4.39 Å². The maximum absolute atomic E-state index is 13.5. The molecule has 0 spiro atoms. The van der Waals surface area contributed by atoms with Gasteiger partial charge in [-0.15, -0.1) is 0 Å². The molecule has 2 aromatic carbocycles. The molecule has 0 saturated carbocycles.